The Hall–Kier alpha value is -1.75. The van der Waals surface area contributed by atoms with E-state index in [4.69, 9.17) is 4.42 Å². The number of imide groups is 1. The van der Waals surface area contributed by atoms with Gasteiger partial charge in [0.2, 0.25) is 0 Å². The van der Waals surface area contributed by atoms with Crippen molar-refractivity contribution in [3.8, 4) is 0 Å². The van der Waals surface area contributed by atoms with Crippen LogP contribution in [0.25, 0.3) is 6.08 Å². The van der Waals surface area contributed by atoms with Gasteiger partial charge in [-0.1, -0.05) is 6.08 Å². The van der Waals surface area contributed by atoms with Crippen molar-refractivity contribution in [3.05, 3.63) is 40.7 Å². The number of thioether (sulfide) groups is 1. The minimum absolute atomic E-state index is 0.262. The van der Waals surface area contributed by atoms with Gasteiger partial charge in [0.05, 0.1) is 10.9 Å². The fourth-order valence-electron chi connectivity index (χ4n) is 1.87. The second kappa shape index (κ2) is 5.09. The third-order valence-electron chi connectivity index (χ3n) is 2.94. The first-order chi connectivity index (χ1) is 8.93. The Morgan fingerprint density at radius 1 is 1.42 bits per heavy atom. The van der Waals surface area contributed by atoms with E-state index < -0.39 is 0 Å². The molecule has 0 radical (unpaired) electrons. The quantitative estimate of drug-likeness (QED) is 0.626. The number of carbonyl (C=O) groups is 2. The lowest BCUT2D eigenvalue weighted by molar-refractivity contribution is -0.123. The standard InChI is InChI=1S/C14H15NO3S/c1-5-8(2)15-13(16)12(19-14(15)17)7-11-6-9(3)18-10(11)4/h5-8H,1H2,2-4H3/b12-7-. The van der Waals surface area contributed by atoms with E-state index in [1.807, 2.05) is 19.9 Å². The fraction of sp³-hybridized carbons (Fsp3) is 0.286. The minimum atomic E-state index is -0.300. The Bertz CT molecular complexity index is 586. The molecule has 2 amide bonds. The van der Waals surface area contributed by atoms with Crippen LogP contribution in [-0.2, 0) is 4.79 Å². The van der Waals surface area contributed by atoms with Crippen LogP contribution in [0, 0.1) is 13.8 Å². The summed E-state index contributed by atoms with van der Waals surface area (Å²) >= 11 is 0.947. The molecule has 1 aliphatic heterocycles. The first-order valence-electron chi connectivity index (χ1n) is 5.90. The molecule has 4 nitrogen and oxygen atoms in total. The molecule has 1 fully saturated rings. The summed E-state index contributed by atoms with van der Waals surface area (Å²) in [4.78, 5) is 25.6. The van der Waals surface area contributed by atoms with E-state index in [1.54, 1.807) is 19.1 Å². The van der Waals surface area contributed by atoms with Gasteiger partial charge in [-0.25, -0.2) is 0 Å². The Labute approximate surface area is 116 Å². The molecule has 0 aliphatic carbocycles. The zero-order chi connectivity index (χ0) is 14.2. The Kier molecular flexibility index (Phi) is 3.66. The number of rotatable bonds is 3. The summed E-state index contributed by atoms with van der Waals surface area (Å²) in [5.74, 6) is 1.24. The highest BCUT2D eigenvalue weighted by Gasteiger charge is 2.37. The molecule has 1 saturated heterocycles. The Balaban J connectivity index is 2.33. The van der Waals surface area contributed by atoms with Gasteiger partial charge >= 0.3 is 0 Å². The van der Waals surface area contributed by atoms with Crippen LogP contribution in [0.1, 0.15) is 24.0 Å². The van der Waals surface area contributed by atoms with Gasteiger partial charge in [-0.2, -0.15) is 0 Å². The van der Waals surface area contributed by atoms with Gasteiger partial charge in [0.25, 0.3) is 11.1 Å². The van der Waals surface area contributed by atoms with Gasteiger partial charge in [0.15, 0.2) is 0 Å². The highest BCUT2D eigenvalue weighted by molar-refractivity contribution is 8.18. The molecule has 2 rings (SSSR count). The summed E-state index contributed by atoms with van der Waals surface area (Å²) in [6.45, 7) is 9.05. The minimum Gasteiger partial charge on any atom is -0.466 e. The second-order valence-electron chi connectivity index (χ2n) is 4.40. The smallest absolute Gasteiger partial charge is 0.294 e. The SMILES string of the molecule is C=CC(C)N1C(=O)S/C(=C\c2cc(C)oc2C)C1=O. The molecule has 0 aromatic carbocycles. The zero-order valence-electron chi connectivity index (χ0n) is 11.1. The molecule has 1 aromatic rings. The van der Waals surface area contributed by atoms with Gasteiger partial charge in [-0.15, -0.1) is 6.58 Å². The maximum atomic E-state index is 12.2. The molecule has 2 heterocycles. The van der Waals surface area contributed by atoms with Crippen molar-refractivity contribution in [2.24, 2.45) is 0 Å². The number of amides is 2. The van der Waals surface area contributed by atoms with Gasteiger partial charge in [0, 0.05) is 5.56 Å². The zero-order valence-corrected chi connectivity index (χ0v) is 11.9. The third kappa shape index (κ3) is 2.51. The molecule has 19 heavy (non-hydrogen) atoms. The Morgan fingerprint density at radius 2 is 2.11 bits per heavy atom. The number of hydrogen-bond acceptors (Lipinski definition) is 4. The number of furan rings is 1. The van der Waals surface area contributed by atoms with Crippen molar-refractivity contribution in [2.75, 3.05) is 0 Å². The van der Waals surface area contributed by atoms with Crippen LogP contribution in [0.3, 0.4) is 0 Å². The molecule has 0 N–H and O–H groups in total. The van der Waals surface area contributed by atoms with Crippen LogP contribution in [0.15, 0.2) is 28.0 Å². The molecule has 1 atom stereocenters. The number of aryl methyl sites for hydroxylation is 2. The Morgan fingerprint density at radius 3 is 2.63 bits per heavy atom. The van der Waals surface area contributed by atoms with Crippen molar-refractivity contribution < 1.29 is 14.0 Å². The summed E-state index contributed by atoms with van der Waals surface area (Å²) in [5.41, 5.74) is 0.828. The van der Waals surface area contributed by atoms with Crippen LogP contribution >= 0.6 is 11.8 Å². The first-order valence-corrected chi connectivity index (χ1v) is 6.72. The predicted octanol–water partition coefficient (Wildman–Crippen LogP) is 3.51. The summed E-state index contributed by atoms with van der Waals surface area (Å²) < 4.78 is 5.40. The lowest BCUT2D eigenvalue weighted by atomic mass is 10.2. The summed E-state index contributed by atoms with van der Waals surface area (Å²) in [5, 5.41) is -0.262. The third-order valence-corrected chi connectivity index (χ3v) is 3.82. The van der Waals surface area contributed by atoms with E-state index in [9.17, 15) is 9.59 Å². The van der Waals surface area contributed by atoms with Gasteiger partial charge < -0.3 is 4.42 Å². The van der Waals surface area contributed by atoms with E-state index >= 15 is 0 Å². The predicted molar refractivity (Wildman–Crippen MR) is 75.7 cm³/mol. The van der Waals surface area contributed by atoms with Gasteiger partial charge in [0.1, 0.15) is 11.5 Å². The summed E-state index contributed by atoms with van der Waals surface area (Å²) in [6.07, 6.45) is 3.28. The highest BCUT2D eigenvalue weighted by Crippen LogP contribution is 2.34. The largest absolute Gasteiger partial charge is 0.466 e. The molecular weight excluding hydrogens is 262 g/mol. The second-order valence-corrected chi connectivity index (χ2v) is 5.39. The summed E-state index contributed by atoms with van der Waals surface area (Å²) in [6, 6.07) is 1.55. The van der Waals surface area contributed by atoms with Crippen LogP contribution < -0.4 is 0 Å². The van der Waals surface area contributed by atoms with E-state index in [2.05, 4.69) is 6.58 Å². The molecule has 5 heteroatoms. The molecule has 100 valence electrons. The lowest BCUT2D eigenvalue weighted by Gasteiger charge is -2.17. The number of nitrogens with zero attached hydrogens (tertiary/aromatic N) is 1. The van der Waals surface area contributed by atoms with Crippen LogP contribution in [-0.4, -0.2) is 22.1 Å². The molecule has 0 bridgehead atoms. The molecule has 0 spiro atoms. The average Bonchev–Trinajstić information content (AvgIpc) is 2.80. The van der Waals surface area contributed by atoms with E-state index in [-0.39, 0.29) is 17.2 Å². The number of carbonyl (C=O) groups excluding carboxylic acids is 2. The topological polar surface area (TPSA) is 50.5 Å². The van der Waals surface area contributed by atoms with E-state index in [0.29, 0.717) is 4.91 Å². The molecule has 1 aliphatic rings. The number of hydrogen-bond donors (Lipinski definition) is 0. The first kappa shape index (κ1) is 13.7. The van der Waals surface area contributed by atoms with E-state index in [1.165, 1.54) is 4.90 Å². The lowest BCUT2D eigenvalue weighted by Crippen LogP contribution is -2.35. The average molecular weight is 277 g/mol. The van der Waals surface area contributed by atoms with Crippen molar-refractivity contribution in [1.29, 1.82) is 0 Å². The maximum Gasteiger partial charge on any atom is 0.294 e. The van der Waals surface area contributed by atoms with Crippen molar-refractivity contribution in [2.45, 2.75) is 26.8 Å². The summed E-state index contributed by atoms with van der Waals surface area (Å²) in [7, 11) is 0. The van der Waals surface area contributed by atoms with Gasteiger partial charge in [-0.05, 0) is 44.7 Å². The van der Waals surface area contributed by atoms with Crippen molar-refractivity contribution >= 4 is 29.0 Å². The van der Waals surface area contributed by atoms with Crippen LogP contribution in [0.5, 0.6) is 0 Å². The molecular formula is C14H15NO3S. The van der Waals surface area contributed by atoms with Crippen LogP contribution in [0.4, 0.5) is 4.79 Å². The highest BCUT2D eigenvalue weighted by atomic mass is 32.2. The maximum absolute atomic E-state index is 12.2. The fourth-order valence-corrected chi connectivity index (χ4v) is 2.78. The van der Waals surface area contributed by atoms with Crippen LogP contribution in [0.2, 0.25) is 0 Å². The molecule has 1 unspecified atom stereocenters. The normalized spacial score (nSPS) is 19.3. The molecule has 0 saturated carbocycles. The molecule has 1 aromatic heterocycles. The van der Waals surface area contributed by atoms with E-state index in [0.717, 1.165) is 28.8 Å². The van der Waals surface area contributed by atoms with Gasteiger partial charge in [-0.3, -0.25) is 14.5 Å². The monoisotopic (exact) mass is 277 g/mol. The van der Waals surface area contributed by atoms with Crippen molar-refractivity contribution in [3.63, 3.8) is 0 Å². The van der Waals surface area contributed by atoms with Crippen molar-refractivity contribution in [1.82, 2.24) is 4.90 Å².